The Morgan fingerprint density at radius 2 is 0.872 bits per heavy atom. The molecule has 0 saturated heterocycles. The maximum absolute atomic E-state index is 2.41. The van der Waals surface area contributed by atoms with Gasteiger partial charge in [0, 0.05) is 16.8 Å². The fraction of sp³-hybridized carbons (Fsp3) is 0. The van der Waals surface area contributed by atoms with Crippen molar-refractivity contribution < 1.29 is 0 Å². The third-order valence-corrected chi connectivity index (χ3v) is 9.40. The van der Waals surface area contributed by atoms with Crippen LogP contribution in [-0.4, -0.2) is 0 Å². The second-order valence-electron chi connectivity index (χ2n) is 12.2. The summed E-state index contributed by atoms with van der Waals surface area (Å²) in [6, 6.07) is 68.3. The smallest absolute Gasteiger partial charge is 0.0540 e. The molecule has 0 amide bonds. The zero-order chi connectivity index (χ0) is 31.2. The molecular weight excluding hydrogens is 567 g/mol. The fourth-order valence-electron chi connectivity index (χ4n) is 7.10. The number of anilines is 3. The van der Waals surface area contributed by atoms with Crippen LogP contribution in [0.2, 0.25) is 0 Å². The van der Waals surface area contributed by atoms with Gasteiger partial charge in [0.05, 0.1) is 5.69 Å². The van der Waals surface area contributed by atoms with Crippen molar-refractivity contribution in [3.8, 4) is 22.3 Å². The van der Waals surface area contributed by atoms with Crippen molar-refractivity contribution >= 4 is 60.2 Å². The summed E-state index contributed by atoms with van der Waals surface area (Å²) in [4.78, 5) is 2.41. The number of fused-ring (bicyclic) bond motifs is 6. The number of nitrogens with zero attached hydrogens (tertiary/aromatic N) is 1. The first-order valence-corrected chi connectivity index (χ1v) is 16.2. The van der Waals surface area contributed by atoms with Crippen molar-refractivity contribution in [2.24, 2.45) is 0 Å². The van der Waals surface area contributed by atoms with Gasteiger partial charge in [-0.05, 0) is 96.4 Å². The Labute approximate surface area is 274 Å². The number of benzene rings is 9. The van der Waals surface area contributed by atoms with E-state index in [4.69, 9.17) is 0 Å². The quantitative estimate of drug-likeness (QED) is 0.178. The Morgan fingerprint density at radius 1 is 0.277 bits per heavy atom. The van der Waals surface area contributed by atoms with Gasteiger partial charge in [0.2, 0.25) is 0 Å². The lowest BCUT2D eigenvalue weighted by Crippen LogP contribution is -2.10. The average Bonchev–Trinajstić information content (AvgIpc) is 3.15. The summed E-state index contributed by atoms with van der Waals surface area (Å²) in [5, 5.41) is 10.1. The zero-order valence-corrected chi connectivity index (χ0v) is 25.8. The third-order valence-electron chi connectivity index (χ3n) is 9.40. The standard InChI is InChI=1S/C46H31N/c1-2-10-32(11-3-1)38-15-8-16-41(31-38)47(40-27-24-34(25-28-40)39-23-20-33-12-4-5-14-37(33)30-39)45-19-9-18-44-43(45)29-26-36-22-21-35-13-6-7-17-42(35)46(36)44/h1-31H. The molecule has 0 radical (unpaired) electrons. The van der Waals surface area contributed by atoms with Crippen LogP contribution >= 0.6 is 0 Å². The normalized spacial score (nSPS) is 11.4. The molecule has 0 spiro atoms. The minimum atomic E-state index is 1.12. The largest absolute Gasteiger partial charge is 0.310 e. The molecule has 0 atom stereocenters. The molecule has 9 aromatic carbocycles. The summed E-state index contributed by atoms with van der Waals surface area (Å²) in [6.45, 7) is 0. The van der Waals surface area contributed by atoms with Crippen molar-refractivity contribution in [1.82, 2.24) is 0 Å². The maximum atomic E-state index is 2.41. The summed E-state index contributed by atoms with van der Waals surface area (Å²) in [5.74, 6) is 0. The average molecular weight is 598 g/mol. The highest BCUT2D eigenvalue weighted by molar-refractivity contribution is 6.22. The van der Waals surface area contributed by atoms with E-state index in [0.29, 0.717) is 0 Å². The lowest BCUT2D eigenvalue weighted by atomic mass is 9.95. The van der Waals surface area contributed by atoms with Crippen LogP contribution in [0.4, 0.5) is 17.1 Å². The van der Waals surface area contributed by atoms with Crippen LogP contribution in [0.15, 0.2) is 188 Å². The fourth-order valence-corrected chi connectivity index (χ4v) is 7.10. The van der Waals surface area contributed by atoms with E-state index in [-0.39, 0.29) is 0 Å². The molecule has 0 N–H and O–H groups in total. The summed E-state index contributed by atoms with van der Waals surface area (Å²) >= 11 is 0. The summed E-state index contributed by atoms with van der Waals surface area (Å²) < 4.78 is 0. The molecule has 220 valence electrons. The van der Waals surface area contributed by atoms with Gasteiger partial charge in [0.25, 0.3) is 0 Å². The minimum Gasteiger partial charge on any atom is -0.310 e. The molecule has 47 heavy (non-hydrogen) atoms. The molecular formula is C46H31N. The summed E-state index contributed by atoms with van der Waals surface area (Å²) in [7, 11) is 0. The SMILES string of the molecule is c1ccc(-c2cccc(N(c3ccc(-c4ccc5ccccc5c4)cc3)c3cccc4c3ccc3ccc5ccccc5c34)c2)cc1. The van der Waals surface area contributed by atoms with Crippen molar-refractivity contribution in [1.29, 1.82) is 0 Å². The molecule has 0 aromatic heterocycles. The highest BCUT2D eigenvalue weighted by Crippen LogP contribution is 2.43. The van der Waals surface area contributed by atoms with Crippen LogP contribution in [0, 0.1) is 0 Å². The monoisotopic (exact) mass is 597 g/mol. The zero-order valence-electron chi connectivity index (χ0n) is 25.8. The number of hydrogen-bond donors (Lipinski definition) is 0. The van der Waals surface area contributed by atoms with Crippen molar-refractivity contribution in [2.45, 2.75) is 0 Å². The molecule has 0 unspecified atom stereocenters. The van der Waals surface area contributed by atoms with E-state index >= 15 is 0 Å². The molecule has 1 nitrogen and oxygen atoms in total. The van der Waals surface area contributed by atoms with E-state index in [1.54, 1.807) is 0 Å². The van der Waals surface area contributed by atoms with Gasteiger partial charge in [-0.3, -0.25) is 0 Å². The first-order valence-electron chi connectivity index (χ1n) is 16.2. The Bertz CT molecular complexity index is 2560. The second kappa shape index (κ2) is 11.3. The molecule has 1 heteroatoms. The molecule has 9 rings (SSSR count). The van der Waals surface area contributed by atoms with Gasteiger partial charge in [0.1, 0.15) is 0 Å². The van der Waals surface area contributed by atoms with Gasteiger partial charge in [-0.25, -0.2) is 0 Å². The van der Waals surface area contributed by atoms with Gasteiger partial charge in [-0.15, -0.1) is 0 Å². The number of hydrogen-bond acceptors (Lipinski definition) is 1. The number of rotatable bonds is 5. The highest BCUT2D eigenvalue weighted by Gasteiger charge is 2.18. The Balaban J connectivity index is 1.24. The third kappa shape index (κ3) is 4.81. The summed E-state index contributed by atoms with van der Waals surface area (Å²) in [5.41, 5.74) is 8.21. The van der Waals surface area contributed by atoms with Crippen LogP contribution in [0.3, 0.4) is 0 Å². The van der Waals surface area contributed by atoms with Crippen molar-refractivity contribution in [2.75, 3.05) is 4.90 Å². The molecule has 0 aliphatic rings. The van der Waals surface area contributed by atoms with Crippen LogP contribution in [-0.2, 0) is 0 Å². The minimum absolute atomic E-state index is 1.12. The van der Waals surface area contributed by atoms with Crippen LogP contribution in [0.25, 0.3) is 65.3 Å². The molecule has 0 bridgehead atoms. The highest BCUT2D eigenvalue weighted by atomic mass is 15.1. The molecule has 9 aromatic rings. The Morgan fingerprint density at radius 3 is 1.74 bits per heavy atom. The second-order valence-corrected chi connectivity index (χ2v) is 12.2. The predicted molar refractivity (Wildman–Crippen MR) is 202 cm³/mol. The van der Waals surface area contributed by atoms with Gasteiger partial charge < -0.3 is 4.90 Å². The lowest BCUT2D eigenvalue weighted by molar-refractivity contribution is 1.30. The Kier molecular flexibility index (Phi) is 6.54. The van der Waals surface area contributed by atoms with Crippen LogP contribution < -0.4 is 4.90 Å². The topological polar surface area (TPSA) is 3.24 Å². The van der Waals surface area contributed by atoms with Crippen molar-refractivity contribution in [3.05, 3.63) is 188 Å². The van der Waals surface area contributed by atoms with Crippen LogP contribution in [0.5, 0.6) is 0 Å². The molecule has 0 aliphatic carbocycles. The molecule has 0 saturated carbocycles. The van der Waals surface area contributed by atoms with Crippen molar-refractivity contribution in [3.63, 3.8) is 0 Å². The van der Waals surface area contributed by atoms with E-state index < -0.39 is 0 Å². The van der Waals surface area contributed by atoms with E-state index in [0.717, 1.165) is 17.1 Å². The Hall–Kier alpha value is -6.18. The van der Waals surface area contributed by atoms with E-state index in [1.807, 2.05) is 0 Å². The van der Waals surface area contributed by atoms with Gasteiger partial charge in [-0.1, -0.05) is 152 Å². The molecule has 0 heterocycles. The maximum Gasteiger partial charge on any atom is 0.0540 e. The predicted octanol–water partition coefficient (Wildman–Crippen LogP) is 13.1. The van der Waals surface area contributed by atoms with E-state index in [1.165, 1.54) is 65.3 Å². The first-order chi connectivity index (χ1) is 23.3. The van der Waals surface area contributed by atoms with E-state index in [9.17, 15) is 0 Å². The van der Waals surface area contributed by atoms with Gasteiger partial charge >= 0.3 is 0 Å². The van der Waals surface area contributed by atoms with Gasteiger partial charge in [-0.2, -0.15) is 0 Å². The summed E-state index contributed by atoms with van der Waals surface area (Å²) in [6.07, 6.45) is 0. The van der Waals surface area contributed by atoms with Gasteiger partial charge in [0.15, 0.2) is 0 Å². The molecule has 0 fully saturated rings. The lowest BCUT2D eigenvalue weighted by Gasteiger charge is -2.28. The first kappa shape index (κ1) is 27.2. The van der Waals surface area contributed by atoms with Crippen LogP contribution in [0.1, 0.15) is 0 Å². The molecule has 0 aliphatic heterocycles. The van der Waals surface area contributed by atoms with E-state index in [2.05, 4.69) is 193 Å².